The third kappa shape index (κ3) is 2.22. The molecule has 1 fully saturated rings. The Labute approximate surface area is 81.7 Å². The van der Waals surface area contributed by atoms with E-state index in [1.165, 1.54) is 0 Å². The number of aliphatic hydroxyl groups is 4. The molecule has 0 spiro atoms. The Hall–Kier alpha value is -0.240. The second-order valence-electron chi connectivity index (χ2n) is 3.15. The lowest BCUT2D eigenvalue weighted by Crippen LogP contribution is -2.59. The third-order valence-electron chi connectivity index (χ3n) is 2.18. The maximum absolute atomic E-state index is 9.41. The lowest BCUT2D eigenvalue weighted by molar-refractivity contribution is -0.300. The number of ether oxygens (including phenoxy) is 2. The molecule has 1 heterocycles. The van der Waals surface area contributed by atoms with Crippen LogP contribution in [0.15, 0.2) is 0 Å². The number of rotatable bonds is 3. The first kappa shape index (κ1) is 11.8. The molecule has 0 aliphatic carbocycles. The van der Waals surface area contributed by atoms with E-state index in [2.05, 4.69) is 0 Å². The monoisotopic (exact) mass is 208 g/mol. The summed E-state index contributed by atoms with van der Waals surface area (Å²) in [5, 5.41) is 36.9. The Morgan fingerprint density at radius 2 is 1.79 bits per heavy atom. The molecule has 84 valence electrons. The molecular weight excluding hydrogens is 192 g/mol. The fraction of sp³-hybridized carbons (Fsp3) is 1.00. The highest BCUT2D eigenvalue weighted by atomic mass is 16.7. The smallest absolute Gasteiger partial charge is 0.186 e. The quantitative estimate of drug-likeness (QED) is 0.421. The average Bonchev–Trinajstić information content (AvgIpc) is 2.19. The summed E-state index contributed by atoms with van der Waals surface area (Å²) < 4.78 is 10.0. The van der Waals surface area contributed by atoms with Gasteiger partial charge in [-0.15, -0.1) is 0 Å². The van der Waals surface area contributed by atoms with E-state index in [9.17, 15) is 15.3 Å². The second kappa shape index (κ2) is 5.01. The van der Waals surface area contributed by atoms with Crippen LogP contribution in [-0.4, -0.2) is 64.3 Å². The van der Waals surface area contributed by atoms with Crippen molar-refractivity contribution in [1.29, 1.82) is 0 Å². The summed E-state index contributed by atoms with van der Waals surface area (Å²) in [5.41, 5.74) is 0. The lowest BCUT2D eigenvalue weighted by Gasteiger charge is -2.39. The van der Waals surface area contributed by atoms with Crippen molar-refractivity contribution in [1.82, 2.24) is 0 Å². The first-order valence-corrected chi connectivity index (χ1v) is 4.54. The van der Waals surface area contributed by atoms with Crippen molar-refractivity contribution < 1.29 is 29.9 Å². The molecule has 6 nitrogen and oxygen atoms in total. The summed E-state index contributed by atoms with van der Waals surface area (Å²) in [6, 6.07) is 0. The van der Waals surface area contributed by atoms with Crippen molar-refractivity contribution in [3.63, 3.8) is 0 Å². The van der Waals surface area contributed by atoms with Gasteiger partial charge in [-0.1, -0.05) is 0 Å². The summed E-state index contributed by atoms with van der Waals surface area (Å²) in [4.78, 5) is 0. The van der Waals surface area contributed by atoms with E-state index >= 15 is 0 Å². The van der Waals surface area contributed by atoms with Gasteiger partial charge in [0.2, 0.25) is 0 Å². The Morgan fingerprint density at radius 1 is 1.14 bits per heavy atom. The van der Waals surface area contributed by atoms with E-state index in [0.717, 1.165) is 0 Å². The minimum atomic E-state index is -1.36. The standard InChI is InChI=1S/C8H16O6/c1-2-13-8-7(12)6(11)5(10)4(3-9)14-8/h4-12H,2-3H2,1H3/t4-,5-,6+,7+,8?/m1/s1. The highest BCUT2D eigenvalue weighted by molar-refractivity contribution is 4.88. The maximum Gasteiger partial charge on any atom is 0.186 e. The molecular formula is C8H16O6. The van der Waals surface area contributed by atoms with Crippen molar-refractivity contribution in [3.05, 3.63) is 0 Å². The topological polar surface area (TPSA) is 99.4 Å². The summed E-state index contributed by atoms with van der Waals surface area (Å²) >= 11 is 0. The minimum Gasteiger partial charge on any atom is -0.394 e. The molecule has 14 heavy (non-hydrogen) atoms. The van der Waals surface area contributed by atoms with Gasteiger partial charge in [-0.25, -0.2) is 0 Å². The van der Waals surface area contributed by atoms with Crippen LogP contribution in [0.3, 0.4) is 0 Å². The van der Waals surface area contributed by atoms with E-state index in [1.807, 2.05) is 0 Å². The molecule has 1 aliphatic heterocycles. The largest absolute Gasteiger partial charge is 0.394 e. The molecule has 0 saturated carbocycles. The number of hydrogen-bond donors (Lipinski definition) is 4. The van der Waals surface area contributed by atoms with Crippen LogP contribution in [0.1, 0.15) is 6.92 Å². The summed E-state index contributed by atoms with van der Waals surface area (Å²) in [7, 11) is 0. The van der Waals surface area contributed by atoms with Gasteiger partial charge in [0.25, 0.3) is 0 Å². The molecule has 0 bridgehead atoms. The van der Waals surface area contributed by atoms with Crippen LogP contribution in [0.2, 0.25) is 0 Å². The van der Waals surface area contributed by atoms with Gasteiger partial charge < -0.3 is 29.9 Å². The zero-order valence-corrected chi connectivity index (χ0v) is 7.91. The molecule has 1 rings (SSSR count). The molecule has 1 aliphatic rings. The van der Waals surface area contributed by atoms with Crippen LogP contribution >= 0.6 is 0 Å². The van der Waals surface area contributed by atoms with Crippen molar-refractivity contribution in [2.45, 2.75) is 37.6 Å². The van der Waals surface area contributed by atoms with Crippen molar-refractivity contribution in [2.24, 2.45) is 0 Å². The van der Waals surface area contributed by atoms with Gasteiger partial charge >= 0.3 is 0 Å². The zero-order valence-electron chi connectivity index (χ0n) is 7.91. The molecule has 6 heteroatoms. The maximum atomic E-state index is 9.41. The highest BCUT2D eigenvalue weighted by Crippen LogP contribution is 2.21. The normalized spacial score (nSPS) is 43.9. The SMILES string of the molecule is CCOC1O[C@H](CO)[C@@H](O)[C@H](O)[C@@H]1O. The minimum absolute atomic E-state index is 0.308. The van der Waals surface area contributed by atoms with E-state index < -0.39 is 37.3 Å². The average molecular weight is 208 g/mol. The van der Waals surface area contributed by atoms with Crippen molar-refractivity contribution in [3.8, 4) is 0 Å². The molecule has 0 amide bonds. The fourth-order valence-electron chi connectivity index (χ4n) is 1.37. The number of aliphatic hydroxyl groups excluding tert-OH is 4. The third-order valence-corrected chi connectivity index (χ3v) is 2.18. The molecule has 0 aromatic carbocycles. The molecule has 4 N–H and O–H groups in total. The molecule has 0 aromatic rings. The van der Waals surface area contributed by atoms with Crippen molar-refractivity contribution in [2.75, 3.05) is 13.2 Å². The van der Waals surface area contributed by atoms with E-state index in [0.29, 0.717) is 6.61 Å². The summed E-state index contributed by atoms with van der Waals surface area (Å²) in [6.07, 6.45) is -5.89. The molecule has 1 saturated heterocycles. The Bertz CT molecular complexity index is 171. The molecule has 0 radical (unpaired) electrons. The molecule has 5 atom stereocenters. The zero-order chi connectivity index (χ0) is 10.7. The van der Waals surface area contributed by atoms with Gasteiger partial charge in [0.15, 0.2) is 6.29 Å². The number of hydrogen-bond acceptors (Lipinski definition) is 6. The van der Waals surface area contributed by atoms with E-state index in [4.69, 9.17) is 14.6 Å². The Balaban J connectivity index is 2.63. The first-order valence-electron chi connectivity index (χ1n) is 4.54. The Morgan fingerprint density at radius 3 is 2.29 bits per heavy atom. The predicted molar refractivity (Wildman–Crippen MR) is 45.4 cm³/mol. The second-order valence-corrected chi connectivity index (χ2v) is 3.15. The fourth-order valence-corrected chi connectivity index (χ4v) is 1.37. The van der Waals surface area contributed by atoms with Crippen LogP contribution in [-0.2, 0) is 9.47 Å². The molecule has 1 unspecified atom stereocenters. The van der Waals surface area contributed by atoms with Gasteiger partial charge in [0.1, 0.15) is 24.4 Å². The first-order chi connectivity index (χ1) is 6.61. The molecule has 0 aromatic heterocycles. The van der Waals surface area contributed by atoms with Crippen LogP contribution in [0.4, 0.5) is 0 Å². The van der Waals surface area contributed by atoms with Gasteiger partial charge in [-0.05, 0) is 6.92 Å². The van der Waals surface area contributed by atoms with E-state index in [-0.39, 0.29) is 0 Å². The Kier molecular flexibility index (Phi) is 4.24. The summed E-state index contributed by atoms with van der Waals surface area (Å²) in [6.45, 7) is 1.58. The van der Waals surface area contributed by atoms with Gasteiger partial charge in [0.05, 0.1) is 6.61 Å². The van der Waals surface area contributed by atoms with Crippen LogP contribution < -0.4 is 0 Å². The van der Waals surface area contributed by atoms with E-state index in [1.54, 1.807) is 6.92 Å². The van der Waals surface area contributed by atoms with Gasteiger partial charge in [-0.3, -0.25) is 0 Å². The van der Waals surface area contributed by atoms with Crippen molar-refractivity contribution >= 4 is 0 Å². The highest BCUT2D eigenvalue weighted by Gasteiger charge is 2.43. The predicted octanol–water partition coefficient (Wildman–Crippen LogP) is -2.18. The van der Waals surface area contributed by atoms with Gasteiger partial charge in [-0.2, -0.15) is 0 Å². The lowest BCUT2D eigenvalue weighted by atomic mass is 9.99. The van der Waals surface area contributed by atoms with Gasteiger partial charge in [0, 0.05) is 6.61 Å². The van der Waals surface area contributed by atoms with Crippen LogP contribution in [0.5, 0.6) is 0 Å². The van der Waals surface area contributed by atoms with Crippen LogP contribution in [0, 0.1) is 0 Å². The van der Waals surface area contributed by atoms with Crippen LogP contribution in [0.25, 0.3) is 0 Å². The summed E-state index contributed by atoms with van der Waals surface area (Å²) in [5.74, 6) is 0.